The van der Waals surface area contributed by atoms with Gasteiger partial charge >= 0.3 is 0 Å². The number of carbonyl (C=O) groups excluding carboxylic acids is 1. The molecule has 2 aliphatic heterocycles. The molecule has 4 rings (SSSR count). The van der Waals surface area contributed by atoms with Crippen molar-refractivity contribution in [3.8, 4) is 0 Å². The van der Waals surface area contributed by atoms with Gasteiger partial charge in [0.1, 0.15) is 0 Å². The SMILES string of the molecule is NC(=O)c1cnn2c1CC(CNCc1ccccc1N1CCOCC1)CC2. The highest BCUT2D eigenvalue weighted by Crippen LogP contribution is 2.24. The molecule has 7 heteroatoms. The van der Waals surface area contributed by atoms with Crippen LogP contribution in [-0.4, -0.2) is 48.5 Å². The molecule has 3 heterocycles. The largest absolute Gasteiger partial charge is 0.378 e. The Hall–Kier alpha value is -2.38. The Morgan fingerprint density at radius 2 is 2.07 bits per heavy atom. The second-order valence-corrected chi connectivity index (χ2v) is 7.31. The van der Waals surface area contributed by atoms with Crippen molar-refractivity contribution in [2.45, 2.75) is 25.9 Å². The second-order valence-electron chi connectivity index (χ2n) is 7.31. The Morgan fingerprint density at radius 1 is 1.26 bits per heavy atom. The smallest absolute Gasteiger partial charge is 0.252 e. The molecule has 3 N–H and O–H groups in total. The highest BCUT2D eigenvalue weighted by Gasteiger charge is 2.24. The Morgan fingerprint density at radius 3 is 2.89 bits per heavy atom. The number of carbonyl (C=O) groups is 1. The normalized spacial score (nSPS) is 19.7. The molecular weight excluding hydrogens is 342 g/mol. The molecule has 1 saturated heterocycles. The number of rotatable bonds is 6. The fraction of sp³-hybridized carbons (Fsp3) is 0.500. The molecule has 1 aromatic heterocycles. The Kier molecular flexibility index (Phi) is 5.40. The van der Waals surface area contributed by atoms with Crippen LogP contribution >= 0.6 is 0 Å². The van der Waals surface area contributed by atoms with Crippen LogP contribution in [-0.2, 0) is 24.2 Å². The number of hydrogen-bond acceptors (Lipinski definition) is 5. The van der Waals surface area contributed by atoms with E-state index in [1.165, 1.54) is 11.3 Å². The number of hydrogen-bond donors (Lipinski definition) is 2. The Bertz CT molecular complexity index is 797. The first-order chi connectivity index (χ1) is 13.2. The second kappa shape index (κ2) is 8.10. The van der Waals surface area contributed by atoms with Crippen LogP contribution < -0.4 is 16.0 Å². The predicted molar refractivity (Wildman–Crippen MR) is 104 cm³/mol. The van der Waals surface area contributed by atoms with Gasteiger partial charge in [0.2, 0.25) is 0 Å². The van der Waals surface area contributed by atoms with Crippen LogP contribution in [0.15, 0.2) is 30.5 Å². The maximum atomic E-state index is 11.6. The molecule has 27 heavy (non-hydrogen) atoms. The van der Waals surface area contributed by atoms with E-state index >= 15 is 0 Å². The molecule has 0 radical (unpaired) electrons. The minimum atomic E-state index is -0.385. The maximum absolute atomic E-state index is 11.6. The lowest BCUT2D eigenvalue weighted by Gasteiger charge is -2.31. The van der Waals surface area contributed by atoms with E-state index in [2.05, 4.69) is 39.6 Å². The lowest BCUT2D eigenvalue weighted by molar-refractivity contribution is 0.0998. The van der Waals surface area contributed by atoms with Crippen molar-refractivity contribution in [2.24, 2.45) is 11.7 Å². The summed E-state index contributed by atoms with van der Waals surface area (Å²) in [6.07, 6.45) is 3.51. The molecule has 0 bridgehead atoms. The minimum absolute atomic E-state index is 0.385. The highest BCUT2D eigenvalue weighted by molar-refractivity contribution is 5.93. The molecule has 1 unspecified atom stereocenters. The van der Waals surface area contributed by atoms with Crippen LogP contribution in [0.3, 0.4) is 0 Å². The summed E-state index contributed by atoms with van der Waals surface area (Å²) in [4.78, 5) is 14.0. The number of ether oxygens (including phenoxy) is 1. The summed E-state index contributed by atoms with van der Waals surface area (Å²) in [6.45, 7) is 6.07. The standard InChI is InChI=1S/C20H27N5O2/c21-20(26)17-14-23-25-6-5-15(11-19(17)25)12-22-13-16-3-1-2-4-18(16)24-7-9-27-10-8-24/h1-4,14-15,22H,5-13H2,(H2,21,26). The molecule has 0 aliphatic carbocycles. The lowest BCUT2D eigenvalue weighted by atomic mass is 9.94. The van der Waals surface area contributed by atoms with E-state index in [1.807, 2.05) is 4.68 Å². The zero-order valence-corrected chi connectivity index (χ0v) is 15.6. The molecule has 0 spiro atoms. The number of nitrogens with one attached hydrogen (secondary N) is 1. The van der Waals surface area contributed by atoms with E-state index in [0.717, 1.165) is 64.5 Å². The van der Waals surface area contributed by atoms with Gasteiger partial charge in [0.25, 0.3) is 5.91 Å². The molecular formula is C20H27N5O2. The van der Waals surface area contributed by atoms with Crippen molar-refractivity contribution < 1.29 is 9.53 Å². The number of morpholine rings is 1. The summed E-state index contributed by atoms with van der Waals surface area (Å²) < 4.78 is 7.39. The maximum Gasteiger partial charge on any atom is 0.252 e. The number of anilines is 1. The summed E-state index contributed by atoms with van der Waals surface area (Å²) in [5.41, 5.74) is 9.63. The van der Waals surface area contributed by atoms with E-state index in [0.29, 0.717) is 11.5 Å². The number of para-hydroxylation sites is 1. The van der Waals surface area contributed by atoms with Gasteiger partial charge in [-0.1, -0.05) is 18.2 Å². The monoisotopic (exact) mass is 369 g/mol. The van der Waals surface area contributed by atoms with Crippen molar-refractivity contribution >= 4 is 11.6 Å². The summed E-state index contributed by atoms with van der Waals surface area (Å²) in [6, 6.07) is 8.58. The third-order valence-corrected chi connectivity index (χ3v) is 5.54. The van der Waals surface area contributed by atoms with E-state index in [9.17, 15) is 4.79 Å². The number of primary amides is 1. The minimum Gasteiger partial charge on any atom is -0.378 e. The van der Waals surface area contributed by atoms with Crippen molar-refractivity contribution in [2.75, 3.05) is 37.7 Å². The lowest BCUT2D eigenvalue weighted by Crippen LogP contribution is -2.37. The van der Waals surface area contributed by atoms with Gasteiger partial charge in [-0.3, -0.25) is 9.48 Å². The number of aryl methyl sites for hydroxylation is 1. The van der Waals surface area contributed by atoms with Gasteiger partial charge in [-0.2, -0.15) is 5.10 Å². The van der Waals surface area contributed by atoms with Crippen LogP contribution in [0.5, 0.6) is 0 Å². The fourth-order valence-corrected chi connectivity index (χ4v) is 4.06. The van der Waals surface area contributed by atoms with Gasteiger partial charge in [0.15, 0.2) is 0 Å². The van der Waals surface area contributed by atoms with Gasteiger partial charge in [-0.15, -0.1) is 0 Å². The van der Waals surface area contributed by atoms with E-state index < -0.39 is 0 Å². The van der Waals surface area contributed by atoms with Gasteiger partial charge < -0.3 is 20.7 Å². The predicted octanol–water partition coefficient (Wildman–Crippen LogP) is 1.17. The topological polar surface area (TPSA) is 85.4 Å². The Labute approximate surface area is 159 Å². The van der Waals surface area contributed by atoms with Crippen LogP contribution in [0.25, 0.3) is 0 Å². The average Bonchev–Trinajstić information content (AvgIpc) is 3.13. The van der Waals surface area contributed by atoms with Gasteiger partial charge in [0.05, 0.1) is 30.7 Å². The number of benzene rings is 1. The van der Waals surface area contributed by atoms with Gasteiger partial charge in [0, 0.05) is 31.9 Å². The molecule has 2 aliphatic rings. The number of fused-ring (bicyclic) bond motifs is 1. The third kappa shape index (κ3) is 3.99. The summed E-state index contributed by atoms with van der Waals surface area (Å²) in [7, 11) is 0. The van der Waals surface area contributed by atoms with Crippen LogP contribution in [0.4, 0.5) is 5.69 Å². The van der Waals surface area contributed by atoms with Gasteiger partial charge in [-0.05, 0) is 36.9 Å². The van der Waals surface area contributed by atoms with Crippen molar-refractivity contribution in [3.05, 3.63) is 47.3 Å². The summed E-state index contributed by atoms with van der Waals surface area (Å²) in [5, 5.41) is 7.90. The van der Waals surface area contributed by atoms with Crippen molar-refractivity contribution in [3.63, 3.8) is 0 Å². The number of nitrogens with two attached hydrogens (primary N) is 1. The van der Waals surface area contributed by atoms with Crippen LogP contribution in [0.1, 0.15) is 28.0 Å². The summed E-state index contributed by atoms with van der Waals surface area (Å²) >= 11 is 0. The number of amides is 1. The first-order valence-electron chi connectivity index (χ1n) is 9.68. The highest BCUT2D eigenvalue weighted by atomic mass is 16.5. The first kappa shape index (κ1) is 18.0. The molecule has 1 fully saturated rings. The molecule has 1 aromatic carbocycles. The van der Waals surface area contributed by atoms with E-state index in [4.69, 9.17) is 10.5 Å². The molecule has 7 nitrogen and oxygen atoms in total. The average molecular weight is 369 g/mol. The molecule has 1 atom stereocenters. The van der Waals surface area contributed by atoms with Gasteiger partial charge in [-0.25, -0.2) is 0 Å². The molecule has 144 valence electrons. The quantitative estimate of drug-likeness (QED) is 0.798. The summed E-state index contributed by atoms with van der Waals surface area (Å²) in [5.74, 6) is 0.104. The van der Waals surface area contributed by atoms with Crippen LogP contribution in [0, 0.1) is 5.92 Å². The zero-order chi connectivity index (χ0) is 18.6. The third-order valence-electron chi connectivity index (χ3n) is 5.54. The molecule has 1 amide bonds. The first-order valence-corrected chi connectivity index (χ1v) is 9.68. The molecule has 0 saturated carbocycles. The van der Waals surface area contributed by atoms with Crippen molar-refractivity contribution in [1.29, 1.82) is 0 Å². The Balaban J connectivity index is 1.35. The number of aromatic nitrogens is 2. The molecule has 2 aromatic rings. The zero-order valence-electron chi connectivity index (χ0n) is 15.6. The van der Waals surface area contributed by atoms with E-state index in [1.54, 1.807) is 6.20 Å². The number of nitrogens with zero attached hydrogens (tertiary/aromatic N) is 3. The van der Waals surface area contributed by atoms with Crippen molar-refractivity contribution in [1.82, 2.24) is 15.1 Å². The fourth-order valence-electron chi connectivity index (χ4n) is 4.06. The van der Waals surface area contributed by atoms with Crippen LogP contribution in [0.2, 0.25) is 0 Å². The van der Waals surface area contributed by atoms with E-state index in [-0.39, 0.29) is 5.91 Å².